The van der Waals surface area contributed by atoms with E-state index in [1.165, 1.54) is 0 Å². The van der Waals surface area contributed by atoms with E-state index in [2.05, 4.69) is 5.32 Å². The van der Waals surface area contributed by atoms with Crippen LogP contribution in [0.4, 0.5) is 0 Å². The van der Waals surface area contributed by atoms with Gasteiger partial charge in [0, 0.05) is 6.42 Å². The van der Waals surface area contributed by atoms with Crippen LogP contribution in [-0.2, 0) is 11.2 Å². The fourth-order valence-corrected chi connectivity index (χ4v) is 2.26. The van der Waals surface area contributed by atoms with Gasteiger partial charge >= 0.3 is 5.97 Å². The topological polar surface area (TPSA) is 66.4 Å². The van der Waals surface area contributed by atoms with Crippen molar-refractivity contribution in [1.82, 2.24) is 5.32 Å². The monoisotopic (exact) mass is 317 g/mol. The molecule has 2 aromatic rings. The van der Waals surface area contributed by atoms with Gasteiger partial charge in [-0.25, -0.2) is 4.79 Å². The highest BCUT2D eigenvalue weighted by atomic mass is 35.5. The first-order chi connectivity index (χ1) is 10.5. The second-order valence-electron chi connectivity index (χ2n) is 5.03. The number of aliphatic carboxylic acids is 1. The van der Waals surface area contributed by atoms with Crippen LogP contribution in [0.3, 0.4) is 0 Å². The Hall–Kier alpha value is -2.33. The molecule has 0 aromatic heterocycles. The summed E-state index contributed by atoms with van der Waals surface area (Å²) in [5.74, 6) is -1.58. The van der Waals surface area contributed by atoms with E-state index in [1.54, 1.807) is 24.3 Å². The van der Waals surface area contributed by atoms with Crippen molar-refractivity contribution in [3.63, 3.8) is 0 Å². The summed E-state index contributed by atoms with van der Waals surface area (Å²) in [7, 11) is 0. The molecule has 0 fully saturated rings. The lowest BCUT2D eigenvalue weighted by atomic mass is 10.0. The van der Waals surface area contributed by atoms with Gasteiger partial charge in [0.15, 0.2) is 0 Å². The van der Waals surface area contributed by atoms with Crippen molar-refractivity contribution in [2.24, 2.45) is 0 Å². The molecule has 22 heavy (non-hydrogen) atoms. The second-order valence-corrected chi connectivity index (χ2v) is 5.44. The van der Waals surface area contributed by atoms with Crippen LogP contribution in [0.5, 0.6) is 0 Å². The summed E-state index contributed by atoms with van der Waals surface area (Å²) in [5.41, 5.74) is 2.20. The molecule has 2 aromatic carbocycles. The molecule has 0 saturated carbocycles. The number of hydrogen-bond acceptors (Lipinski definition) is 2. The Morgan fingerprint density at radius 3 is 2.36 bits per heavy atom. The predicted octanol–water partition coefficient (Wildman–Crippen LogP) is 3.07. The van der Waals surface area contributed by atoms with Crippen molar-refractivity contribution in [2.75, 3.05) is 0 Å². The van der Waals surface area contributed by atoms with Gasteiger partial charge in [0.2, 0.25) is 0 Å². The van der Waals surface area contributed by atoms with Crippen molar-refractivity contribution in [3.05, 3.63) is 70.2 Å². The summed E-state index contributed by atoms with van der Waals surface area (Å²) in [6, 6.07) is 13.0. The molecule has 1 atom stereocenters. The number of hydrogen-bond donors (Lipinski definition) is 2. The van der Waals surface area contributed by atoms with Crippen LogP contribution < -0.4 is 5.32 Å². The highest BCUT2D eigenvalue weighted by Gasteiger charge is 2.22. The molecule has 2 rings (SSSR count). The van der Waals surface area contributed by atoms with Gasteiger partial charge < -0.3 is 10.4 Å². The van der Waals surface area contributed by atoms with Crippen molar-refractivity contribution in [1.29, 1.82) is 0 Å². The van der Waals surface area contributed by atoms with Gasteiger partial charge in [-0.2, -0.15) is 0 Å². The first-order valence-corrected chi connectivity index (χ1v) is 7.19. The molecule has 114 valence electrons. The van der Waals surface area contributed by atoms with E-state index in [1.807, 2.05) is 31.2 Å². The smallest absolute Gasteiger partial charge is 0.326 e. The average Bonchev–Trinajstić information content (AvgIpc) is 2.49. The minimum absolute atomic E-state index is 0.214. The van der Waals surface area contributed by atoms with Crippen molar-refractivity contribution in [3.8, 4) is 0 Å². The first-order valence-electron chi connectivity index (χ1n) is 6.81. The Labute approximate surface area is 133 Å². The van der Waals surface area contributed by atoms with Crippen LogP contribution in [0.15, 0.2) is 48.5 Å². The summed E-state index contributed by atoms with van der Waals surface area (Å²) in [6.07, 6.45) is 0.214. The lowest BCUT2D eigenvalue weighted by Crippen LogP contribution is -2.42. The van der Waals surface area contributed by atoms with Gasteiger partial charge in [-0.05, 0) is 24.6 Å². The molecule has 0 bridgehead atoms. The summed E-state index contributed by atoms with van der Waals surface area (Å²) in [4.78, 5) is 23.5. The Bertz CT molecular complexity index is 683. The number of carbonyl (C=O) groups is 2. The molecule has 0 aliphatic heterocycles. The summed E-state index contributed by atoms with van der Waals surface area (Å²) < 4.78 is 0. The van der Waals surface area contributed by atoms with Crippen LogP contribution in [0.1, 0.15) is 21.5 Å². The zero-order chi connectivity index (χ0) is 16.1. The van der Waals surface area contributed by atoms with E-state index in [9.17, 15) is 14.7 Å². The van der Waals surface area contributed by atoms with Crippen molar-refractivity contribution < 1.29 is 14.7 Å². The third-order valence-corrected chi connectivity index (χ3v) is 3.61. The minimum Gasteiger partial charge on any atom is -0.480 e. The number of carboxylic acids is 1. The molecule has 0 aliphatic rings. The predicted molar refractivity (Wildman–Crippen MR) is 85.2 cm³/mol. The largest absolute Gasteiger partial charge is 0.480 e. The number of nitrogens with one attached hydrogen (secondary N) is 1. The molecule has 4 nitrogen and oxygen atoms in total. The zero-order valence-electron chi connectivity index (χ0n) is 12.0. The molecule has 0 radical (unpaired) electrons. The third-order valence-electron chi connectivity index (χ3n) is 3.28. The molecule has 1 amide bonds. The van der Waals surface area contributed by atoms with Gasteiger partial charge in [-0.1, -0.05) is 53.6 Å². The fraction of sp³-hybridized carbons (Fsp3) is 0.176. The highest BCUT2D eigenvalue weighted by Crippen LogP contribution is 2.15. The van der Waals surface area contributed by atoms with E-state index in [0.717, 1.165) is 11.1 Å². The van der Waals surface area contributed by atoms with E-state index in [0.29, 0.717) is 5.02 Å². The Balaban J connectivity index is 2.12. The summed E-state index contributed by atoms with van der Waals surface area (Å²) in [6.45, 7) is 1.96. The number of aryl methyl sites for hydroxylation is 1. The minimum atomic E-state index is -1.08. The summed E-state index contributed by atoms with van der Waals surface area (Å²) in [5, 5.41) is 12.1. The van der Waals surface area contributed by atoms with Gasteiger partial charge in [-0.15, -0.1) is 0 Å². The molecule has 5 heteroatoms. The number of rotatable bonds is 5. The molecule has 2 N–H and O–H groups in total. The number of carboxylic acid groups (broad SMARTS) is 1. The molecule has 0 spiro atoms. The van der Waals surface area contributed by atoms with Crippen LogP contribution in [-0.4, -0.2) is 23.0 Å². The lowest BCUT2D eigenvalue weighted by molar-refractivity contribution is -0.139. The third kappa shape index (κ3) is 4.09. The highest BCUT2D eigenvalue weighted by molar-refractivity contribution is 6.33. The molecule has 0 unspecified atom stereocenters. The van der Waals surface area contributed by atoms with Crippen LogP contribution in [0.25, 0.3) is 0 Å². The maximum absolute atomic E-state index is 12.2. The molecule has 0 aliphatic carbocycles. The van der Waals surface area contributed by atoms with E-state index < -0.39 is 17.9 Å². The maximum atomic E-state index is 12.2. The average molecular weight is 318 g/mol. The first kappa shape index (κ1) is 16.0. The number of benzene rings is 2. The molecule has 0 heterocycles. The van der Waals surface area contributed by atoms with Gasteiger partial charge in [0.1, 0.15) is 6.04 Å². The molecular weight excluding hydrogens is 302 g/mol. The number of halogens is 1. The Morgan fingerprint density at radius 1 is 1.14 bits per heavy atom. The standard InChI is InChI=1S/C17H16ClNO3/c1-11-6-8-12(9-7-11)10-15(17(21)22)19-16(20)13-4-2-3-5-14(13)18/h2-9,15H,10H2,1H3,(H,19,20)(H,21,22)/t15-/m0/s1. The Kier molecular flexibility index (Phi) is 5.17. The number of amides is 1. The van der Waals surface area contributed by atoms with Crippen LogP contribution >= 0.6 is 11.6 Å². The van der Waals surface area contributed by atoms with E-state index >= 15 is 0 Å². The van der Waals surface area contributed by atoms with Crippen molar-refractivity contribution in [2.45, 2.75) is 19.4 Å². The van der Waals surface area contributed by atoms with Crippen LogP contribution in [0, 0.1) is 6.92 Å². The molecular formula is C17H16ClNO3. The second kappa shape index (κ2) is 7.09. The zero-order valence-corrected chi connectivity index (χ0v) is 12.8. The SMILES string of the molecule is Cc1ccc(C[C@H](NC(=O)c2ccccc2Cl)C(=O)O)cc1. The fourth-order valence-electron chi connectivity index (χ4n) is 2.04. The quantitative estimate of drug-likeness (QED) is 0.890. The maximum Gasteiger partial charge on any atom is 0.326 e. The lowest BCUT2D eigenvalue weighted by Gasteiger charge is -2.15. The normalized spacial score (nSPS) is 11.7. The van der Waals surface area contributed by atoms with E-state index in [-0.39, 0.29) is 12.0 Å². The van der Waals surface area contributed by atoms with Gasteiger partial charge in [-0.3, -0.25) is 4.79 Å². The van der Waals surface area contributed by atoms with E-state index in [4.69, 9.17) is 11.6 Å². The van der Waals surface area contributed by atoms with Crippen LogP contribution in [0.2, 0.25) is 5.02 Å². The Morgan fingerprint density at radius 2 is 1.77 bits per heavy atom. The molecule has 0 saturated heterocycles. The summed E-state index contributed by atoms with van der Waals surface area (Å²) >= 11 is 5.95. The van der Waals surface area contributed by atoms with Gasteiger partial charge in [0.05, 0.1) is 10.6 Å². The van der Waals surface area contributed by atoms with Gasteiger partial charge in [0.25, 0.3) is 5.91 Å². The van der Waals surface area contributed by atoms with Crippen molar-refractivity contribution >= 4 is 23.5 Å². The number of carbonyl (C=O) groups excluding carboxylic acids is 1.